The highest BCUT2D eigenvalue weighted by atomic mass is 32.2. The summed E-state index contributed by atoms with van der Waals surface area (Å²) in [7, 11) is -0.929. The number of aromatic nitrogens is 2. The second kappa shape index (κ2) is 8.31. The first kappa shape index (κ1) is 20.3. The number of sulfonamides is 1. The summed E-state index contributed by atoms with van der Waals surface area (Å²) in [6.45, 7) is 1.44. The van der Waals surface area contributed by atoms with Crippen LogP contribution in [0.4, 0.5) is 5.69 Å². The van der Waals surface area contributed by atoms with Gasteiger partial charge in [-0.05, 0) is 49.4 Å². The number of anilines is 1. The Morgan fingerprint density at radius 1 is 1.17 bits per heavy atom. The smallest absolute Gasteiger partial charge is 0.338 e. The van der Waals surface area contributed by atoms with Crippen LogP contribution in [-0.4, -0.2) is 38.7 Å². The number of benzene rings is 2. The van der Waals surface area contributed by atoms with Crippen LogP contribution in [0.5, 0.6) is 5.75 Å². The molecule has 29 heavy (non-hydrogen) atoms. The molecule has 1 heterocycles. The van der Waals surface area contributed by atoms with E-state index >= 15 is 0 Å². The minimum absolute atomic E-state index is 0.0427. The number of hydrogen-bond acceptors (Lipinski definition) is 8. The van der Waals surface area contributed by atoms with Crippen molar-refractivity contribution in [1.29, 1.82) is 0 Å². The van der Waals surface area contributed by atoms with Crippen LogP contribution in [0.2, 0.25) is 0 Å². The molecule has 0 fully saturated rings. The van der Waals surface area contributed by atoms with Gasteiger partial charge in [-0.25, -0.2) is 13.2 Å². The average molecular weight is 417 g/mol. The van der Waals surface area contributed by atoms with Gasteiger partial charge in [-0.3, -0.25) is 4.31 Å². The molecule has 9 nitrogen and oxygen atoms in total. The molecule has 2 aromatic carbocycles. The molecule has 152 valence electrons. The first-order valence-electron chi connectivity index (χ1n) is 8.50. The second-order valence-corrected chi connectivity index (χ2v) is 7.98. The fraction of sp³-hybridized carbons (Fsp3) is 0.211. The van der Waals surface area contributed by atoms with E-state index in [2.05, 4.69) is 10.1 Å². The Morgan fingerprint density at radius 2 is 1.90 bits per heavy atom. The van der Waals surface area contributed by atoms with Crippen LogP contribution in [0, 0.1) is 6.92 Å². The standard InChI is InChI=1S/C19H19N3O6S/c1-13-20-18(28-21-13)12-27-19(23)14-5-4-6-17(11-14)29(24,25)22(2)15-7-9-16(26-3)10-8-15/h4-11H,12H2,1-3H3. The van der Waals surface area contributed by atoms with E-state index in [1.165, 1.54) is 38.4 Å². The van der Waals surface area contributed by atoms with E-state index in [1.54, 1.807) is 31.2 Å². The van der Waals surface area contributed by atoms with E-state index in [0.29, 0.717) is 17.3 Å². The van der Waals surface area contributed by atoms with Gasteiger partial charge in [0.2, 0.25) is 0 Å². The number of rotatable bonds is 7. The third kappa shape index (κ3) is 4.54. The second-order valence-electron chi connectivity index (χ2n) is 6.01. The molecule has 0 N–H and O–H groups in total. The Balaban J connectivity index is 1.78. The molecule has 1 aromatic heterocycles. The van der Waals surface area contributed by atoms with E-state index in [9.17, 15) is 13.2 Å². The van der Waals surface area contributed by atoms with Crippen LogP contribution in [0.15, 0.2) is 57.9 Å². The fourth-order valence-corrected chi connectivity index (χ4v) is 3.72. The summed E-state index contributed by atoms with van der Waals surface area (Å²) < 4.78 is 42.1. The number of hydrogen-bond donors (Lipinski definition) is 0. The summed E-state index contributed by atoms with van der Waals surface area (Å²) in [5.41, 5.74) is 0.538. The van der Waals surface area contributed by atoms with Gasteiger partial charge in [-0.2, -0.15) is 4.98 Å². The summed E-state index contributed by atoms with van der Waals surface area (Å²) in [4.78, 5) is 16.2. The van der Waals surface area contributed by atoms with Crippen LogP contribution < -0.4 is 9.04 Å². The number of carbonyl (C=O) groups is 1. The highest BCUT2D eigenvalue weighted by Gasteiger charge is 2.23. The maximum atomic E-state index is 13.0. The van der Waals surface area contributed by atoms with Crippen LogP contribution >= 0.6 is 0 Å². The number of nitrogens with zero attached hydrogens (tertiary/aromatic N) is 3. The summed E-state index contributed by atoms with van der Waals surface area (Å²) in [5.74, 6) is 0.482. The topological polar surface area (TPSA) is 112 Å². The summed E-state index contributed by atoms with van der Waals surface area (Å²) in [5, 5.41) is 3.60. The zero-order valence-corrected chi connectivity index (χ0v) is 16.8. The fourth-order valence-electron chi connectivity index (χ4n) is 2.48. The molecule has 0 bridgehead atoms. The molecule has 0 radical (unpaired) electrons. The third-order valence-corrected chi connectivity index (χ3v) is 5.84. The number of esters is 1. The van der Waals surface area contributed by atoms with Gasteiger partial charge in [0.1, 0.15) is 5.75 Å². The lowest BCUT2D eigenvalue weighted by molar-refractivity contribution is 0.0429. The van der Waals surface area contributed by atoms with Gasteiger partial charge in [0.25, 0.3) is 15.9 Å². The van der Waals surface area contributed by atoms with Crippen molar-refractivity contribution in [2.45, 2.75) is 18.4 Å². The summed E-state index contributed by atoms with van der Waals surface area (Å²) in [6.07, 6.45) is 0. The monoisotopic (exact) mass is 417 g/mol. The van der Waals surface area contributed by atoms with Crippen molar-refractivity contribution >= 4 is 21.7 Å². The molecule has 0 saturated heterocycles. The normalized spacial score (nSPS) is 11.1. The third-order valence-electron chi connectivity index (χ3n) is 4.06. The van der Waals surface area contributed by atoms with E-state index < -0.39 is 16.0 Å². The average Bonchev–Trinajstić information content (AvgIpc) is 3.16. The molecule has 0 aliphatic heterocycles. The maximum absolute atomic E-state index is 13.0. The zero-order valence-electron chi connectivity index (χ0n) is 16.0. The van der Waals surface area contributed by atoms with Crippen LogP contribution in [-0.2, 0) is 21.4 Å². The molecular formula is C19H19N3O6S. The molecule has 0 unspecified atom stereocenters. The van der Waals surface area contributed by atoms with Gasteiger partial charge >= 0.3 is 5.97 Å². The highest BCUT2D eigenvalue weighted by Crippen LogP contribution is 2.25. The lowest BCUT2D eigenvalue weighted by Gasteiger charge is -2.20. The zero-order chi connectivity index (χ0) is 21.0. The van der Waals surface area contributed by atoms with E-state index in [4.69, 9.17) is 14.0 Å². The van der Waals surface area contributed by atoms with Gasteiger partial charge in [0.05, 0.1) is 23.3 Å². The lowest BCUT2D eigenvalue weighted by atomic mass is 10.2. The quantitative estimate of drug-likeness (QED) is 0.539. The Bertz CT molecular complexity index is 1110. The predicted octanol–water partition coefficient (Wildman–Crippen LogP) is 2.57. The number of ether oxygens (including phenoxy) is 2. The molecule has 10 heteroatoms. The van der Waals surface area contributed by atoms with E-state index in [1.807, 2.05) is 0 Å². The van der Waals surface area contributed by atoms with Crippen molar-refractivity contribution in [1.82, 2.24) is 10.1 Å². The maximum Gasteiger partial charge on any atom is 0.338 e. The summed E-state index contributed by atoms with van der Waals surface area (Å²) >= 11 is 0. The Morgan fingerprint density at radius 3 is 2.52 bits per heavy atom. The number of carbonyl (C=O) groups excluding carboxylic acids is 1. The Kier molecular flexibility index (Phi) is 5.83. The van der Waals surface area contributed by atoms with Crippen molar-refractivity contribution in [2.75, 3.05) is 18.5 Å². The molecule has 0 amide bonds. The minimum Gasteiger partial charge on any atom is -0.497 e. The first-order valence-corrected chi connectivity index (χ1v) is 9.94. The van der Waals surface area contributed by atoms with Gasteiger partial charge in [0.15, 0.2) is 12.4 Å². The van der Waals surface area contributed by atoms with Crippen LogP contribution in [0.1, 0.15) is 22.1 Å². The molecule has 3 aromatic rings. The van der Waals surface area contributed by atoms with Crippen molar-refractivity contribution in [3.05, 3.63) is 65.8 Å². The van der Waals surface area contributed by atoms with Crippen molar-refractivity contribution < 1.29 is 27.2 Å². The SMILES string of the molecule is COc1ccc(N(C)S(=O)(=O)c2cccc(C(=O)OCc3nc(C)no3)c2)cc1. The van der Waals surface area contributed by atoms with Crippen molar-refractivity contribution in [3.8, 4) is 5.75 Å². The number of methoxy groups -OCH3 is 1. The molecule has 0 aliphatic rings. The van der Waals surface area contributed by atoms with Crippen molar-refractivity contribution in [3.63, 3.8) is 0 Å². The van der Waals surface area contributed by atoms with E-state index in [-0.39, 0.29) is 23.0 Å². The van der Waals surface area contributed by atoms with Crippen LogP contribution in [0.25, 0.3) is 0 Å². The minimum atomic E-state index is -3.89. The van der Waals surface area contributed by atoms with Crippen molar-refractivity contribution in [2.24, 2.45) is 0 Å². The molecule has 0 spiro atoms. The molecule has 0 aliphatic carbocycles. The molecular weight excluding hydrogens is 398 g/mol. The highest BCUT2D eigenvalue weighted by molar-refractivity contribution is 7.92. The summed E-state index contributed by atoms with van der Waals surface area (Å²) in [6, 6.07) is 12.2. The molecule has 0 atom stereocenters. The Hall–Kier alpha value is -3.40. The lowest BCUT2D eigenvalue weighted by Crippen LogP contribution is -2.26. The van der Waals surface area contributed by atoms with Gasteiger partial charge in [0, 0.05) is 7.05 Å². The predicted molar refractivity (Wildman–Crippen MR) is 103 cm³/mol. The van der Waals surface area contributed by atoms with Crippen LogP contribution in [0.3, 0.4) is 0 Å². The molecule has 0 saturated carbocycles. The first-order chi connectivity index (χ1) is 13.8. The van der Waals surface area contributed by atoms with Gasteiger partial charge in [-0.15, -0.1) is 0 Å². The largest absolute Gasteiger partial charge is 0.497 e. The number of aryl methyl sites for hydroxylation is 1. The van der Waals surface area contributed by atoms with Gasteiger partial charge in [-0.1, -0.05) is 11.2 Å². The van der Waals surface area contributed by atoms with Gasteiger partial charge < -0.3 is 14.0 Å². The Labute approximate surface area is 167 Å². The van der Waals surface area contributed by atoms with E-state index in [0.717, 1.165) is 4.31 Å². The molecule has 3 rings (SSSR count).